The highest BCUT2D eigenvalue weighted by Gasteiger charge is 2.30. The number of amides is 2. The Kier molecular flexibility index (Phi) is 4.98. The van der Waals surface area contributed by atoms with Crippen LogP contribution in [-0.4, -0.2) is 34.0 Å². The quantitative estimate of drug-likeness (QED) is 0.783. The Bertz CT molecular complexity index is 577. The lowest BCUT2D eigenvalue weighted by atomic mass is 9.91. The number of hydrogen-bond acceptors (Lipinski definition) is 3. The van der Waals surface area contributed by atoms with Gasteiger partial charge in [0.2, 0.25) is 5.91 Å². The molecule has 1 aliphatic heterocycles. The summed E-state index contributed by atoms with van der Waals surface area (Å²) in [6.45, 7) is 3.41. The van der Waals surface area contributed by atoms with Crippen LogP contribution in [0.15, 0.2) is 6.33 Å². The molecular formula is C17H26N4O2. The molecule has 0 spiro atoms. The fourth-order valence-electron chi connectivity index (χ4n) is 3.20. The molecule has 6 nitrogen and oxygen atoms in total. The van der Waals surface area contributed by atoms with Crippen LogP contribution < -0.4 is 10.6 Å². The molecule has 1 fully saturated rings. The normalized spacial score (nSPS) is 20.5. The molecule has 1 unspecified atom stereocenters. The molecule has 2 N–H and O–H groups in total. The van der Waals surface area contributed by atoms with E-state index in [4.69, 9.17) is 0 Å². The van der Waals surface area contributed by atoms with Gasteiger partial charge in [0, 0.05) is 19.1 Å². The summed E-state index contributed by atoms with van der Waals surface area (Å²) in [5.41, 5.74) is 1.49. The van der Waals surface area contributed by atoms with E-state index in [9.17, 15) is 9.59 Å². The smallest absolute Gasteiger partial charge is 0.271 e. The van der Waals surface area contributed by atoms with E-state index in [0.29, 0.717) is 24.8 Å². The molecule has 23 heavy (non-hydrogen) atoms. The lowest BCUT2D eigenvalue weighted by Crippen LogP contribution is -2.44. The third kappa shape index (κ3) is 3.57. The maximum Gasteiger partial charge on any atom is 0.271 e. The fourth-order valence-corrected chi connectivity index (χ4v) is 3.20. The van der Waals surface area contributed by atoms with Gasteiger partial charge in [-0.2, -0.15) is 0 Å². The summed E-state index contributed by atoms with van der Waals surface area (Å²) in [5, 5.41) is 6.05. The summed E-state index contributed by atoms with van der Waals surface area (Å²) in [6.07, 6.45) is 8.70. The van der Waals surface area contributed by atoms with Crippen molar-refractivity contribution >= 4 is 11.8 Å². The van der Waals surface area contributed by atoms with E-state index in [2.05, 4.69) is 22.5 Å². The van der Waals surface area contributed by atoms with Crippen molar-refractivity contribution in [1.82, 2.24) is 20.2 Å². The van der Waals surface area contributed by atoms with Crippen LogP contribution in [-0.2, 0) is 17.8 Å². The van der Waals surface area contributed by atoms with E-state index in [0.717, 1.165) is 44.2 Å². The monoisotopic (exact) mass is 318 g/mol. The molecule has 1 aliphatic carbocycles. The van der Waals surface area contributed by atoms with Crippen LogP contribution in [0.5, 0.6) is 0 Å². The van der Waals surface area contributed by atoms with Gasteiger partial charge in [0.1, 0.15) is 5.69 Å². The van der Waals surface area contributed by atoms with Crippen molar-refractivity contribution < 1.29 is 9.59 Å². The van der Waals surface area contributed by atoms with Crippen LogP contribution in [0.3, 0.4) is 0 Å². The predicted molar refractivity (Wildman–Crippen MR) is 87.1 cm³/mol. The molecule has 126 valence electrons. The van der Waals surface area contributed by atoms with Crippen molar-refractivity contribution in [3.8, 4) is 0 Å². The molecule has 0 radical (unpaired) electrons. The van der Waals surface area contributed by atoms with Crippen LogP contribution in [0.4, 0.5) is 0 Å². The van der Waals surface area contributed by atoms with Gasteiger partial charge in [-0.1, -0.05) is 13.3 Å². The molecule has 6 heteroatoms. The summed E-state index contributed by atoms with van der Waals surface area (Å²) >= 11 is 0. The zero-order chi connectivity index (χ0) is 16.2. The molecule has 0 saturated heterocycles. The first-order valence-corrected chi connectivity index (χ1v) is 8.81. The lowest BCUT2D eigenvalue weighted by Gasteiger charge is -2.30. The van der Waals surface area contributed by atoms with Gasteiger partial charge >= 0.3 is 0 Å². The molecule has 1 aromatic rings. The number of nitrogens with one attached hydrogen (secondary N) is 2. The number of hydrogen-bond donors (Lipinski definition) is 2. The van der Waals surface area contributed by atoms with Gasteiger partial charge in [0.25, 0.3) is 5.91 Å². The first-order valence-electron chi connectivity index (χ1n) is 8.81. The molecule has 0 aromatic carbocycles. The number of unbranched alkanes of at least 4 members (excludes halogenated alkanes) is 1. The van der Waals surface area contributed by atoms with Crippen LogP contribution in [0, 0.1) is 5.92 Å². The highest BCUT2D eigenvalue weighted by atomic mass is 16.2. The predicted octanol–water partition coefficient (Wildman–Crippen LogP) is 1.64. The molecule has 1 atom stereocenters. The summed E-state index contributed by atoms with van der Waals surface area (Å²) in [5.74, 6) is 0.0564. The average molecular weight is 318 g/mol. The van der Waals surface area contributed by atoms with Gasteiger partial charge in [-0.25, -0.2) is 4.98 Å². The van der Waals surface area contributed by atoms with Gasteiger partial charge in [-0.3, -0.25) is 9.59 Å². The summed E-state index contributed by atoms with van der Waals surface area (Å²) in [4.78, 5) is 28.8. The van der Waals surface area contributed by atoms with Crippen LogP contribution in [0.2, 0.25) is 0 Å². The van der Waals surface area contributed by atoms with Crippen molar-refractivity contribution in [2.24, 2.45) is 5.92 Å². The standard InChI is InChI=1S/C17H26N4O2/c1-2-3-9-18-17(23)15-14-8-7-12(10-21(14)11-19-15)16(22)20-13-5-4-6-13/h11-13H,2-10H2,1H3,(H,18,23)(H,20,22). The second-order valence-electron chi connectivity index (χ2n) is 6.67. The number of carbonyl (C=O) groups excluding carboxylic acids is 2. The van der Waals surface area contributed by atoms with E-state index in [-0.39, 0.29) is 17.7 Å². The van der Waals surface area contributed by atoms with E-state index in [1.54, 1.807) is 6.33 Å². The fraction of sp³-hybridized carbons (Fsp3) is 0.706. The minimum absolute atomic E-state index is 0.00620. The van der Waals surface area contributed by atoms with E-state index >= 15 is 0 Å². The molecular weight excluding hydrogens is 292 g/mol. The van der Waals surface area contributed by atoms with Gasteiger partial charge in [0.15, 0.2) is 0 Å². The van der Waals surface area contributed by atoms with E-state index in [1.807, 2.05) is 4.57 Å². The minimum Gasteiger partial charge on any atom is -0.353 e. The maximum absolute atomic E-state index is 12.3. The molecule has 0 bridgehead atoms. The van der Waals surface area contributed by atoms with E-state index < -0.39 is 0 Å². The first kappa shape index (κ1) is 16.0. The molecule has 1 saturated carbocycles. The highest BCUT2D eigenvalue weighted by Crippen LogP contribution is 2.24. The van der Waals surface area contributed by atoms with Crippen molar-refractivity contribution in [2.75, 3.05) is 6.54 Å². The number of carbonyl (C=O) groups is 2. The Balaban J connectivity index is 1.59. The molecule has 2 aliphatic rings. The van der Waals surface area contributed by atoms with Crippen LogP contribution >= 0.6 is 0 Å². The van der Waals surface area contributed by atoms with Gasteiger partial charge in [0.05, 0.1) is 17.9 Å². The first-order chi connectivity index (χ1) is 11.2. The summed E-state index contributed by atoms with van der Waals surface area (Å²) in [7, 11) is 0. The number of rotatable bonds is 6. The van der Waals surface area contributed by atoms with Crippen molar-refractivity contribution in [2.45, 2.75) is 64.5 Å². The second kappa shape index (κ2) is 7.15. The topological polar surface area (TPSA) is 76.0 Å². The molecule has 2 heterocycles. The highest BCUT2D eigenvalue weighted by molar-refractivity contribution is 5.93. The van der Waals surface area contributed by atoms with Crippen molar-refractivity contribution in [3.05, 3.63) is 17.7 Å². The number of aromatic nitrogens is 2. The van der Waals surface area contributed by atoms with E-state index in [1.165, 1.54) is 6.42 Å². The van der Waals surface area contributed by atoms with Gasteiger partial charge in [-0.15, -0.1) is 0 Å². The Hall–Kier alpha value is -1.85. The molecule has 1 aromatic heterocycles. The average Bonchev–Trinajstić information content (AvgIpc) is 2.94. The Morgan fingerprint density at radius 2 is 2.17 bits per heavy atom. The third-order valence-electron chi connectivity index (χ3n) is 4.95. The van der Waals surface area contributed by atoms with Crippen molar-refractivity contribution in [3.63, 3.8) is 0 Å². The van der Waals surface area contributed by atoms with Gasteiger partial charge < -0.3 is 15.2 Å². The summed E-state index contributed by atoms with van der Waals surface area (Å²) in [6, 6.07) is 0.381. The zero-order valence-corrected chi connectivity index (χ0v) is 13.8. The van der Waals surface area contributed by atoms with Crippen LogP contribution in [0.25, 0.3) is 0 Å². The Labute approximate surface area is 137 Å². The van der Waals surface area contributed by atoms with Crippen LogP contribution in [0.1, 0.15) is 61.6 Å². The second-order valence-corrected chi connectivity index (χ2v) is 6.67. The molecule has 3 rings (SSSR count). The largest absolute Gasteiger partial charge is 0.353 e. The van der Waals surface area contributed by atoms with Crippen molar-refractivity contribution in [1.29, 1.82) is 0 Å². The third-order valence-corrected chi connectivity index (χ3v) is 4.95. The number of imidazole rings is 1. The lowest BCUT2D eigenvalue weighted by molar-refractivity contribution is -0.127. The molecule has 2 amide bonds. The minimum atomic E-state index is -0.0930. The number of fused-ring (bicyclic) bond motifs is 1. The Morgan fingerprint density at radius 1 is 1.35 bits per heavy atom. The SMILES string of the molecule is CCCCNC(=O)c1ncn2c1CCC(C(=O)NC1CCC1)C2. The van der Waals surface area contributed by atoms with Gasteiger partial charge in [-0.05, 0) is 38.5 Å². The summed E-state index contributed by atoms with van der Waals surface area (Å²) < 4.78 is 1.98. The maximum atomic E-state index is 12.3. The zero-order valence-electron chi connectivity index (χ0n) is 13.8. The number of nitrogens with zero attached hydrogens (tertiary/aromatic N) is 2. The Morgan fingerprint density at radius 3 is 2.87 bits per heavy atom.